The van der Waals surface area contributed by atoms with Gasteiger partial charge in [0.15, 0.2) is 5.71 Å². The first-order valence-electron chi connectivity index (χ1n) is 10.3. The topological polar surface area (TPSA) is 90.7 Å². The van der Waals surface area contributed by atoms with Crippen molar-refractivity contribution in [2.75, 3.05) is 14.2 Å². The van der Waals surface area contributed by atoms with Crippen LogP contribution in [-0.4, -0.2) is 44.0 Å². The zero-order valence-corrected chi connectivity index (χ0v) is 20.0. The molecule has 1 N–H and O–H groups in total. The molecule has 0 unspecified atom stereocenters. The molecule has 0 aliphatic rings. The number of aryl methyl sites for hydroxylation is 1. The molecule has 0 saturated heterocycles. The predicted octanol–water partition coefficient (Wildman–Crippen LogP) is 4.92. The SMILES string of the molecule is CNC(=O)/C(=N/OC)c1cccc(C)c1CO/N=C(\C)c1ccc(OC(C)(F)F)cc1OC(F)(F)F. The summed E-state index contributed by atoms with van der Waals surface area (Å²) >= 11 is 0. The number of nitrogens with zero attached hydrogens (tertiary/aromatic N) is 2. The van der Waals surface area contributed by atoms with Crippen molar-refractivity contribution in [1.29, 1.82) is 0 Å². The third-order valence-corrected chi connectivity index (χ3v) is 4.57. The van der Waals surface area contributed by atoms with Crippen LogP contribution in [-0.2, 0) is 21.1 Å². The molecule has 1 amide bonds. The van der Waals surface area contributed by atoms with Gasteiger partial charge < -0.3 is 24.5 Å². The number of alkyl halides is 5. The van der Waals surface area contributed by atoms with Crippen LogP contribution in [0.3, 0.4) is 0 Å². The first-order chi connectivity index (χ1) is 16.8. The lowest BCUT2D eigenvalue weighted by atomic mass is 9.98. The van der Waals surface area contributed by atoms with Crippen LogP contribution in [0.25, 0.3) is 0 Å². The molecule has 2 aromatic carbocycles. The fourth-order valence-electron chi connectivity index (χ4n) is 3.06. The normalized spacial score (nSPS) is 12.7. The number of carbonyl (C=O) groups excluding carboxylic acids is 1. The number of benzene rings is 2. The van der Waals surface area contributed by atoms with Crippen molar-refractivity contribution in [3.8, 4) is 11.5 Å². The molecule has 0 fully saturated rings. The van der Waals surface area contributed by atoms with E-state index in [0.717, 1.165) is 17.7 Å². The van der Waals surface area contributed by atoms with Crippen molar-refractivity contribution in [3.05, 3.63) is 58.7 Å². The Hall–Kier alpha value is -3.90. The second kappa shape index (κ2) is 11.7. The minimum Gasteiger partial charge on any atom is -0.433 e. The van der Waals surface area contributed by atoms with Gasteiger partial charge in [-0.15, -0.1) is 13.2 Å². The Kier molecular flexibility index (Phi) is 9.20. The number of amides is 1. The van der Waals surface area contributed by atoms with Gasteiger partial charge in [0.1, 0.15) is 25.2 Å². The van der Waals surface area contributed by atoms with Gasteiger partial charge in [0.25, 0.3) is 5.91 Å². The van der Waals surface area contributed by atoms with Gasteiger partial charge in [-0.1, -0.05) is 28.5 Å². The van der Waals surface area contributed by atoms with Gasteiger partial charge in [0, 0.05) is 36.7 Å². The number of halogens is 5. The van der Waals surface area contributed by atoms with Crippen LogP contribution in [0, 0.1) is 6.92 Å². The maximum atomic E-state index is 13.1. The third kappa shape index (κ3) is 8.10. The lowest BCUT2D eigenvalue weighted by Gasteiger charge is -2.17. The Labute approximate surface area is 203 Å². The average Bonchev–Trinajstić information content (AvgIpc) is 2.76. The molecule has 0 atom stereocenters. The Morgan fingerprint density at radius 2 is 1.72 bits per heavy atom. The fraction of sp³-hybridized carbons (Fsp3) is 0.348. The second-order valence-corrected chi connectivity index (χ2v) is 7.37. The number of oxime groups is 2. The van der Waals surface area contributed by atoms with Gasteiger partial charge in [0.2, 0.25) is 0 Å². The van der Waals surface area contributed by atoms with E-state index in [4.69, 9.17) is 9.68 Å². The summed E-state index contributed by atoms with van der Waals surface area (Å²) in [6.45, 7) is 3.36. The zero-order valence-electron chi connectivity index (χ0n) is 20.0. The van der Waals surface area contributed by atoms with Crippen molar-refractivity contribution in [1.82, 2.24) is 5.32 Å². The molecule has 0 spiro atoms. The molecule has 13 heteroatoms. The summed E-state index contributed by atoms with van der Waals surface area (Å²) in [6, 6.07) is 7.87. The Balaban J connectivity index is 2.37. The Morgan fingerprint density at radius 3 is 2.31 bits per heavy atom. The van der Waals surface area contributed by atoms with Crippen molar-refractivity contribution in [3.63, 3.8) is 0 Å². The van der Waals surface area contributed by atoms with E-state index in [1.54, 1.807) is 25.1 Å². The molecule has 196 valence electrons. The van der Waals surface area contributed by atoms with Crippen LogP contribution in [0.2, 0.25) is 0 Å². The monoisotopic (exact) mass is 517 g/mol. The number of carbonyl (C=O) groups is 1. The van der Waals surface area contributed by atoms with Gasteiger partial charge >= 0.3 is 12.5 Å². The molecule has 0 heterocycles. The summed E-state index contributed by atoms with van der Waals surface area (Å²) in [5, 5.41) is 10.1. The number of nitrogens with one attached hydrogen (secondary N) is 1. The molecule has 0 bridgehead atoms. The van der Waals surface area contributed by atoms with E-state index in [0.29, 0.717) is 24.1 Å². The van der Waals surface area contributed by atoms with E-state index >= 15 is 0 Å². The van der Waals surface area contributed by atoms with E-state index < -0.39 is 29.9 Å². The van der Waals surface area contributed by atoms with E-state index in [1.165, 1.54) is 21.1 Å². The summed E-state index contributed by atoms with van der Waals surface area (Å²) in [4.78, 5) is 22.4. The Morgan fingerprint density at radius 1 is 1.03 bits per heavy atom. The minimum absolute atomic E-state index is 0.0211. The van der Waals surface area contributed by atoms with Gasteiger partial charge in [-0.3, -0.25) is 4.79 Å². The molecule has 36 heavy (non-hydrogen) atoms. The van der Waals surface area contributed by atoms with Crippen molar-refractivity contribution >= 4 is 17.3 Å². The summed E-state index contributed by atoms with van der Waals surface area (Å²) in [6.07, 6.45) is -8.72. The Bertz CT molecular complexity index is 1140. The maximum Gasteiger partial charge on any atom is 0.573 e. The number of rotatable bonds is 10. The highest BCUT2D eigenvalue weighted by Gasteiger charge is 2.33. The second-order valence-electron chi connectivity index (χ2n) is 7.37. The lowest BCUT2D eigenvalue weighted by molar-refractivity contribution is -0.274. The van der Waals surface area contributed by atoms with Gasteiger partial charge in [-0.2, -0.15) is 8.78 Å². The van der Waals surface area contributed by atoms with Crippen LogP contribution in [0.15, 0.2) is 46.7 Å². The van der Waals surface area contributed by atoms with Crippen LogP contribution >= 0.6 is 0 Å². The van der Waals surface area contributed by atoms with Crippen LogP contribution in [0.5, 0.6) is 11.5 Å². The van der Waals surface area contributed by atoms with Crippen molar-refractivity contribution in [2.24, 2.45) is 10.3 Å². The number of likely N-dealkylation sites (N-methyl/N-ethyl adjacent to an activating group) is 1. The highest BCUT2D eigenvalue weighted by Crippen LogP contribution is 2.32. The van der Waals surface area contributed by atoms with Crippen molar-refractivity contribution < 1.29 is 45.9 Å². The molecule has 0 aliphatic carbocycles. The van der Waals surface area contributed by atoms with Gasteiger partial charge in [-0.05, 0) is 31.5 Å². The predicted molar refractivity (Wildman–Crippen MR) is 120 cm³/mol. The molecule has 0 aromatic heterocycles. The van der Waals surface area contributed by atoms with E-state index in [-0.39, 0.29) is 23.6 Å². The zero-order chi connectivity index (χ0) is 27.1. The standard InChI is InChI=1S/C23H24F5N3O5/c1-13-7-6-8-17(20(31-33-5)21(32)29-4)18(13)12-34-30-14(2)16-10-9-15(35-22(3,24)25)11-19(16)36-23(26,27)28/h6-11H,12H2,1-5H3,(H,29,32)/b30-14+,31-20+. The first-order valence-corrected chi connectivity index (χ1v) is 10.3. The molecular weight excluding hydrogens is 493 g/mol. The maximum absolute atomic E-state index is 13.1. The lowest BCUT2D eigenvalue weighted by Crippen LogP contribution is -2.29. The quantitative estimate of drug-likeness (QED) is 0.275. The van der Waals surface area contributed by atoms with E-state index in [1.807, 2.05) is 0 Å². The van der Waals surface area contributed by atoms with E-state index in [9.17, 15) is 26.7 Å². The smallest absolute Gasteiger partial charge is 0.433 e. The molecule has 0 saturated carbocycles. The van der Waals surface area contributed by atoms with Crippen LogP contribution in [0.1, 0.15) is 36.1 Å². The van der Waals surface area contributed by atoms with Gasteiger partial charge in [-0.25, -0.2) is 0 Å². The number of hydrogen-bond acceptors (Lipinski definition) is 7. The minimum atomic E-state index is -5.10. The van der Waals surface area contributed by atoms with Crippen LogP contribution < -0.4 is 14.8 Å². The fourth-order valence-corrected chi connectivity index (χ4v) is 3.06. The molecular formula is C23H24F5N3O5. The first kappa shape index (κ1) is 28.3. The molecule has 0 radical (unpaired) electrons. The number of ether oxygens (including phenoxy) is 2. The summed E-state index contributed by atoms with van der Waals surface area (Å²) in [5.41, 5.74) is 1.40. The molecule has 8 nitrogen and oxygen atoms in total. The number of hydrogen-bond donors (Lipinski definition) is 1. The highest BCUT2D eigenvalue weighted by atomic mass is 19.4. The highest BCUT2D eigenvalue weighted by molar-refractivity contribution is 6.45. The third-order valence-electron chi connectivity index (χ3n) is 4.57. The van der Waals surface area contributed by atoms with Crippen LogP contribution in [0.4, 0.5) is 22.0 Å². The molecule has 2 rings (SSSR count). The molecule has 2 aromatic rings. The summed E-state index contributed by atoms with van der Waals surface area (Å²) in [7, 11) is 2.70. The summed E-state index contributed by atoms with van der Waals surface area (Å²) in [5.74, 6) is -1.86. The molecule has 0 aliphatic heterocycles. The van der Waals surface area contributed by atoms with Crippen molar-refractivity contribution in [2.45, 2.75) is 39.8 Å². The average molecular weight is 517 g/mol. The van der Waals surface area contributed by atoms with Gasteiger partial charge in [0.05, 0.1) is 5.71 Å². The summed E-state index contributed by atoms with van der Waals surface area (Å²) < 4.78 is 73.3. The van der Waals surface area contributed by atoms with E-state index in [2.05, 4.69) is 25.1 Å². The largest absolute Gasteiger partial charge is 0.573 e.